The number of aliphatic imine (C=N–C) groups is 1. The van der Waals surface area contributed by atoms with Gasteiger partial charge in [0.05, 0.1) is 29.1 Å². The van der Waals surface area contributed by atoms with Crippen LogP contribution in [0.2, 0.25) is 0 Å². The van der Waals surface area contributed by atoms with Crippen LogP contribution in [0, 0.1) is 0 Å². The molecule has 0 saturated carbocycles. The first-order valence-electron chi connectivity index (χ1n) is 9.23. The van der Waals surface area contributed by atoms with Crippen molar-refractivity contribution in [2.45, 2.75) is 39.4 Å². The lowest BCUT2D eigenvalue weighted by Gasteiger charge is -2.14. The number of nitrogens with one attached hydrogen (secondary N) is 2. The van der Waals surface area contributed by atoms with Crippen LogP contribution in [0.5, 0.6) is 5.75 Å². The highest BCUT2D eigenvalue weighted by molar-refractivity contribution is 6.15. The fourth-order valence-corrected chi connectivity index (χ4v) is 2.75. The van der Waals surface area contributed by atoms with Crippen LogP contribution in [0.4, 0.5) is 0 Å². The van der Waals surface area contributed by atoms with Crippen molar-refractivity contribution in [1.82, 2.24) is 15.5 Å². The summed E-state index contributed by atoms with van der Waals surface area (Å²) in [5.41, 5.74) is 3.20. The first-order chi connectivity index (χ1) is 13.0. The summed E-state index contributed by atoms with van der Waals surface area (Å²) in [6.45, 7) is 10.8. The van der Waals surface area contributed by atoms with Gasteiger partial charge in [-0.15, -0.1) is 0 Å². The zero-order valence-electron chi connectivity index (χ0n) is 16.9. The maximum atomic E-state index is 6.04. The van der Waals surface area contributed by atoms with E-state index in [9.17, 15) is 0 Å². The van der Waals surface area contributed by atoms with Crippen LogP contribution in [0.3, 0.4) is 0 Å². The lowest BCUT2D eigenvalue weighted by Crippen LogP contribution is -2.19. The molecule has 0 saturated heterocycles. The summed E-state index contributed by atoms with van der Waals surface area (Å²) >= 11 is 0. The quantitative estimate of drug-likeness (QED) is 0.623. The Hall–Kier alpha value is -2.44. The first-order valence-corrected chi connectivity index (χ1v) is 9.23. The van der Waals surface area contributed by atoms with Gasteiger partial charge in [0.25, 0.3) is 0 Å². The maximum Gasteiger partial charge on any atom is 0.120 e. The molecule has 1 aromatic heterocycles. The number of hydrogen-bond acceptors (Lipinski definition) is 5. The first kappa shape index (κ1) is 20.9. The Balaban J connectivity index is 2.37. The second-order valence-electron chi connectivity index (χ2n) is 6.39. The molecule has 0 aliphatic heterocycles. The van der Waals surface area contributed by atoms with Crippen molar-refractivity contribution >= 4 is 16.6 Å². The highest BCUT2D eigenvalue weighted by atomic mass is 16.5. The minimum atomic E-state index is -0.109. The highest BCUT2D eigenvalue weighted by Gasteiger charge is 2.14. The molecule has 1 heterocycles. The smallest absolute Gasteiger partial charge is 0.120 e. The molecule has 1 aromatic carbocycles. The van der Waals surface area contributed by atoms with Crippen molar-refractivity contribution in [1.29, 1.82) is 0 Å². The van der Waals surface area contributed by atoms with Gasteiger partial charge in [0, 0.05) is 12.5 Å². The molecule has 2 atom stereocenters. The number of H-pyrrole nitrogens is 1. The van der Waals surface area contributed by atoms with E-state index in [-0.39, 0.29) is 12.2 Å². The number of allylic oxidation sites excluding steroid dienone is 2. The number of ether oxygens (including phenoxy) is 2. The molecule has 0 bridgehead atoms. The SMILES string of the molecule is C=C/C(=N\C(=C/C)[C@@H](C)OC)c1n[nH]c2ccc(OC(C)CCNC)cc12. The molecule has 0 fully saturated rings. The molecule has 2 aromatic rings. The van der Waals surface area contributed by atoms with Crippen molar-refractivity contribution in [2.24, 2.45) is 4.99 Å². The molecule has 6 heteroatoms. The highest BCUT2D eigenvalue weighted by Crippen LogP contribution is 2.25. The summed E-state index contributed by atoms with van der Waals surface area (Å²) in [6.07, 6.45) is 4.60. The molecule has 0 aliphatic carbocycles. The summed E-state index contributed by atoms with van der Waals surface area (Å²) in [7, 11) is 3.61. The molecule has 6 nitrogen and oxygen atoms in total. The number of nitrogens with zero attached hydrogens (tertiary/aromatic N) is 2. The largest absolute Gasteiger partial charge is 0.491 e. The van der Waals surface area contributed by atoms with Gasteiger partial charge in [0.15, 0.2) is 0 Å². The van der Waals surface area contributed by atoms with Crippen LogP contribution in [0.25, 0.3) is 10.9 Å². The monoisotopic (exact) mass is 370 g/mol. The van der Waals surface area contributed by atoms with E-state index in [1.807, 2.05) is 45.2 Å². The average molecular weight is 370 g/mol. The molecule has 0 aliphatic rings. The Kier molecular flexibility index (Phi) is 7.76. The molecule has 0 amide bonds. The van der Waals surface area contributed by atoms with Crippen molar-refractivity contribution < 1.29 is 9.47 Å². The van der Waals surface area contributed by atoms with E-state index < -0.39 is 0 Å². The fraction of sp³-hybridized carbons (Fsp3) is 0.429. The van der Waals surface area contributed by atoms with Gasteiger partial charge in [-0.05, 0) is 65.1 Å². The molecule has 0 radical (unpaired) electrons. The summed E-state index contributed by atoms with van der Waals surface area (Å²) in [6, 6.07) is 5.93. The Morgan fingerprint density at radius 3 is 2.81 bits per heavy atom. The Morgan fingerprint density at radius 2 is 2.19 bits per heavy atom. The Labute approximate surface area is 161 Å². The summed E-state index contributed by atoms with van der Waals surface area (Å²) < 4.78 is 11.4. The molecule has 27 heavy (non-hydrogen) atoms. The summed E-state index contributed by atoms with van der Waals surface area (Å²) in [5.74, 6) is 0.814. The number of aromatic nitrogens is 2. The number of benzene rings is 1. The number of aromatic amines is 1. The van der Waals surface area contributed by atoms with Crippen LogP contribution in [0.15, 0.2) is 47.6 Å². The lowest BCUT2D eigenvalue weighted by atomic mass is 10.1. The third-order valence-corrected chi connectivity index (χ3v) is 4.42. The van der Waals surface area contributed by atoms with Crippen LogP contribution >= 0.6 is 0 Å². The summed E-state index contributed by atoms with van der Waals surface area (Å²) in [4.78, 5) is 4.71. The molecular weight excluding hydrogens is 340 g/mol. The lowest BCUT2D eigenvalue weighted by molar-refractivity contribution is 0.146. The van der Waals surface area contributed by atoms with E-state index in [1.54, 1.807) is 13.2 Å². The minimum absolute atomic E-state index is 0.109. The van der Waals surface area contributed by atoms with Crippen molar-refractivity contribution in [3.63, 3.8) is 0 Å². The third kappa shape index (κ3) is 5.28. The van der Waals surface area contributed by atoms with Crippen LogP contribution in [-0.2, 0) is 4.74 Å². The zero-order valence-corrected chi connectivity index (χ0v) is 16.9. The van der Waals surface area contributed by atoms with Gasteiger partial charge in [0.1, 0.15) is 11.4 Å². The van der Waals surface area contributed by atoms with Crippen molar-refractivity contribution in [3.05, 3.63) is 48.3 Å². The molecule has 2 rings (SSSR count). The van der Waals surface area contributed by atoms with E-state index in [4.69, 9.17) is 14.5 Å². The standard InChI is InChI=1S/C21H30N4O2/c1-7-18(15(4)26-6)23-19(8-2)21-17-13-16(9-10-20(17)24-25-21)27-14(3)11-12-22-5/h7-10,13-15,22H,2,11-12H2,1,3-6H3,(H,24,25)/b18-7-,23-19+/t14?,15-/m1/s1. The molecule has 146 valence electrons. The van der Waals surface area contributed by atoms with Crippen LogP contribution < -0.4 is 10.1 Å². The van der Waals surface area contributed by atoms with Gasteiger partial charge in [-0.1, -0.05) is 12.7 Å². The average Bonchev–Trinajstić information content (AvgIpc) is 3.10. The Morgan fingerprint density at radius 1 is 1.41 bits per heavy atom. The summed E-state index contributed by atoms with van der Waals surface area (Å²) in [5, 5.41) is 11.6. The van der Waals surface area contributed by atoms with Gasteiger partial charge >= 0.3 is 0 Å². The number of fused-ring (bicyclic) bond motifs is 1. The second kappa shape index (κ2) is 10.0. The zero-order chi connectivity index (χ0) is 19.8. The van der Waals surface area contributed by atoms with Gasteiger partial charge in [0.2, 0.25) is 0 Å². The number of methoxy groups -OCH3 is 1. The normalized spacial score (nSPS) is 15.0. The second-order valence-corrected chi connectivity index (χ2v) is 6.39. The van der Waals surface area contributed by atoms with E-state index in [1.165, 1.54) is 0 Å². The minimum Gasteiger partial charge on any atom is -0.491 e. The predicted molar refractivity (Wildman–Crippen MR) is 112 cm³/mol. The van der Waals surface area contributed by atoms with Crippen LogP contribution in [-0.4, -0.2) is 48.8 Å². The Bertz CT molecular complexity index is 823. The topological polar surface area (TPSA) is 71.5 Å². The van der Waals surface area contributed by atoms with E-state index in [0.717, 1.165) is 41.0 Å². The molecule has 2 N–H and O–H groups in total. The van der Waals surface area contributed by atoms with Gasteiger partial charge in [-0.25, -0.2) is 4.99 Å². The van der Waals surface area contributed by atoms with E-state index >= 15 is 0 Å². The number of hydrogen-bond donors (Lipinski definition) is 2. The molecule has 1 unspecified atom stereocenters. The molecule has 0 spiro atoms. The van der Waals surface area contributed by atoms with E-state index in [0.29, 0.717) is 5.71 Å². The van der Waals surface area contributed by atoms with Crippen molar-refractivity contribution in [2.75, 3.05) is 20.7 Å². The van der Waals surface area contributed by atoms with Gasteiger partial charge in [-0.3, -0.25) is 5.10 Å². The predicted octanol–water partition coefficient (Wildman–Crippen LogP) is 3.85. The van der Waals surface area contributed by atoms with E-state index in [2.05, 4.69) is 29.0 Å². The molecular formula is C21H30N4O2. The number of rotatable bonds is 10. The fourth-order valence-electron chi connectivity index (χ4n) is 2.75. The van der Waals surface area contributed by atoms with Crippen molar-refractivity contribution in [3.8, 4) is 5.75 Å². The maximum absolute atomic E-state index is 6.04. The van der Waals surface area contributed by atoms with Gasteiger partial charge in [-0.2, -0.15) is 5.10 Å². The third-order valence-electron chi connectivity index (χ3n) is 4.42. The van der Waals surface area contributed by atoms with Gasteiger partial charge < -0.3 is 14.8 Å². The van der Waals surface area contributed by atoms with Crippen LogP contribution in [0.1, 0.15) is 32.9 Å².